The van der Waals surface area contributed by atoms with Gasteiger partial charge in [-0.2, -0.15) is 5.26 Å². The van der Waals surface area contributed by atoms with Gasteiger partial charge < -0.3 is 5.11 Å². The SMILES string of the molecule is C=C(C#N)CCC(=O)O. The van der Waals surface area contributed by atoms with E-state index in [0.29, 0.717) is 5.57 Å². The van der Waals surface area contributed by atoms with Gasteiger partial charge in [0.25, 0.3) is 0 Å². The summed E-state index contributed by atoms with van der Waals surface area (Å²) in [5.74, 6) is -0.897. The van der Waals surface area contributed by atoms with Crippen LogP contribution in [-0.4, -0.2) is 11.1 Å². The minimum Gasteiger partial charge on any atom is -0.481 e. The minimum absolute atomic E-state index is 0.00755. The Morgan fingerprint density at radius 1 is 1.67 bits per heavy atom. The molecule has 0 fully saturated rings. The highest BCUT2D eigenvalue weighted by atomic mass is 16.4. The van der Waals surface area contributed by atoms with Crippen LogP contribution in [0.3, 0.4) is 0 Å². The third-order valence-electron chi connectivity index (χ3n) is 0.799. The molecular weight excluding hydrogens is 118 g/mol. The molecule has 3 nitrogen and oxygen atoms in total. The van der Waals surface area contributed by atoms with Gasteiger partial charge in [0.05, 0.1) is 12.5 Å². The Kier molecular flexibility index (Phi) is 3.14. The highest BCUT2D eigenvalue weighted by molar-refractivity contribution is 5.67. The number of hydrogen-bond donors (Lipinski definition) is 1. The Bertz CT molecular complexity index is 166. The quantitative estimate of drug-likeness (QED) is 0.571. The summed E-state index contributed by atoms with van der Waals surface area (Å²) in [6, 6.07) is 1.76. The van der Waals surface area contributed by atoms with E-state index in [1.54, 1.807) is 6.07 Å². The number of carboxylic acids is 1. The summed E-state index contributed by atoms with van der Waals surface area (Å²) in [5.41, 5.74) is 0.317. The van der Waals surface area contributed by atoms with Crippen molar-refractivity contribution in [3.05, 3.63) is 12.2 Å². The molecule has 0 saturated carbocycles. The second kappa shape index (κ2) is 3.67. The lowest BCUT2D eigenvalue weighted by Gasteiger charge is -1.88. The maximum Gasteiger partial charge on any atom is 0.303 e. The van der Waals surface area contributed by atoms with Crippen LogP contribution < -0.4 is 0 Å². The molecule has 0 heterocycles. The molecule has 0 aliphatic rings. The fourth-order valence-corrected chi connectivity index (χ4v) is 0.314. The fourth-order valence-electron chi connectivity index (χ4n) is 0.314. The molecule has 0 bridgehead atoms. The van der Waals surface area contributed by atoms with E-state index in [9.17, 15) is 4.79 Å². The number of rotatable bonds is 3. The molecule has 0 amide bonds. The van der Waals surface area contributed by atoms with Gasteiger partial charge in [-0.05, 0) is 6.42 Å². The van der Waals surface area contributed by atoms with E-state index in [1.165, 1.54) is 0 Å². The smallest absolute Gasteiger partial charge is 0.303 e. The number of nitriles is 1. The summed E-state index contributed by atoms with van der Waals surface area (Å²) in [5, 5.41) is 16.2. The van der Waals surface area contributed by atoms with Gasteiger partial charge >= 0.3 is 5.97 Å². The molecular formula is C6H7NO2. The topological polar surface area (TPSA) is 61.1 Å². The first-order chi connectivity index (χ1) is 4.16. The van der Waals surface area contributed by atoms with Crippen molar-refractivity contribution in [2.45, 2.75) is 12.8 Å². The minimum atomic E-state index is -0.897. The molecule has 3 heteroatoms. The number of carboxylic acid groups (broad SMARTS) is 1. The zero-order valence-electron chi connectivity index (χ0n) is 4.92. The van der Waals surface area contributed by atoms with Gasteiger partial charge in [-0.1, -0.05) is 6.58 Å². The lowest BCUT2D eigenvalue weighted by Crippen LogP contribution is -1.93. The Hall–Kier alpha value is -1.30. The molecule has 9 heavy (non-hydrogen) atoms. The summed E-state index contributed by atoms with van der Waals surface area (Å²) in [6.45, 7) is 3.32. The highest BCUT2D eigenvalue weighted by Gasteiger charge is 1.97. The summed E-state index contributed by atoms with van der Waals surface area (Å²) in [4.78, 5) is 9.87. The van der Waals surface area contributed by atoms with E-state index >= 15 is 0 Å². The monoisotopic (exact) mass is 125 g/mol. The van der Waals surface area contributed by atoms with Gasteiger partial charge in [0.15, 0.2) is 0 Å². The Labute approximate surface area is 53.2 Å². The third-order valence-corrected chi connectivity index (χ3v) is 0.799. The zero-order chi connectivity index (χ0) is 7.28. The van der Waals surface area contributed by atoms with Gasteiger partial charge in [0.1, 0.15) is 0 Å². The van der Waals surface area contributed by atoms with Crippen molar-refractivity contribution in [3.8, 4) is 6.07 Å². The van der Waals surface area contributed by atoms with Crippen molar-refractivity contribution in [2.24, 2.45) is 0 Å². The molecule has 0 saturated heterocycles. The lowest BCUT2D eigenvalue weighted by molar-refractivity contribution is -0.136. The first-order valence-electron chi connectivity index (χ1n) is 2.46. The van der Waals surface area contributed by atoms with Crippen LogP contribution in [0.15, 0.2) is 12.2 Å². The molecule has 1 N–H and O–H groups in total. The second-order valence-corrected chi connectivity index (χ2v) is 1.61. The van der Waals surface area contributed by atoms with Crippen LogP contribution in [0.5, 0.6) is 0 Å². The molecule has 0 aromatic carbocycles. The van der Waals surface area contributed by atoms with Gasteiger partial charge in [-0.25, -0.2) is 0 Å². The molecule has 0 aliphatic heterocycles. The summed E-state index contributed by atoms with van der Waals surface area (Å²) in [7, 11) is 0. The van der Waals surface area contributed by atoms with Crippen molar-refractivity contribution < 1.29 is 9.90 Å². The number of hydrogen-bond acceptors (Lipinski definition) is 2. The lowest BCUT2D eigenvalue weighted by atomic mass is 10.2. The molecule has 0 spiro atoms. The first-order valence-corrected chi connectivity index (χ1v) is 2.46. The highest BCUT2D eigenvalue weighted by Crippen LogP contribution is 1.98. The largest absolute Gasteiger partial charge is 0.481 e. The molecule has 0 aromatic heterocycles. The van der Waals surface area contributed by atoms with Crippen molar-refractivity contribution in [2.75, 3.05) is 0 Å². The maximum atomic E-state index is 9.87. The van der Waals surface area contributed by atoms with Crippen molar-refractivity contribution >= 4 is 5.97 Å². The first kappa shape index (κ1) is 7.70. The molecule has 0 atom stereocenters. The molecule has 0 rings (SSSR count). The molecule has 48 valence electrons. The van der Waals surface area contributed by atoms with E-state index < -0.39 is 5.97 Å². The van der Waals surface area contributed by atoms with Crippen LogP contribution in [0, 0.1) is 11.3 Å². The predicted octanol–water partition coefficient (Wildman–Crippen LogP) is 0.931. The van der Waals surface area contributed by atoms with Crippen LogP contribution in [0.1, 0.15) is 12.8 Å². The number of carbonyl (C=O) groups is 1. The maximum absolute atomic E-state index is 9.87. The van der Waals surface area contributed by atoms with Crippen molar-refractivity contribution in [1.29, 1.82) is 5.26 Å². The number of allylic oxidation sites excluding steroid dienone is 1. The standard InChI is InChI=1S/C6H7NO2/c1-5(4-7)2-3-6(8)9/h1-3H2,(H,8,9). The molecule has 0 aliphatic carbocycles. The molecule has 0 radical (unpaired) electrons. The van der Waals surface area contributed by atoms with E-state index in [1.807, 2.05) is 0 Å². The normalized spacial score (nSPS) is 7.89. The Balaban J connectivity index is 3.43. The van der Waals surface area contributed by atoms with Crippen LogP contribution in [0.25, 0.3) is 0 Å². The van der Waals surface area contributed by atoms with Gasteiger partial charge in [0, 0.05) is 5.57 Å². The third kappa shape index (κ3) is 4.56. The summed E-state index contributed by atoms with van der Waals surface area (Å²) >= 11 is 0. The van der Waals surface area contributed by atoms with Gasteiger partial charge in [-0.15, -0.1) is 0 Å². The average Bonchev–Trinajstić information content (AvgIpc) is 1.83. The fraction of sp³-hybridized carbons (Fsp3) is 0.333. The average molecular weight is 125 g/mol. The van der Waals surface area contributed by atoms with Crippen LogP contribution in [-0.2, 0) is 4.79 Å². The molecule has 0 unspecified atom stereocenters. The van der Waals surface area contributed by atoms with E-state index in [4.69, 9.17) is 10.4 Å². The number of nitrogens with zero attached hydrogens (tertiary/aromatic N) is 1. The zero-order valence-corrected chi connectivity index (χ0v) is 4.92. The van der Waals surface area contributed by atoms with Crippen LogP contribution >= 0.6 is 0 Å². The van der Waals surface area contributed by atoms with E-state index in [-0.39, 0.29) is 12.8 Å². The van der Waals surface area contributed by atoms with Gasteiger partial charge in [-0.3, -0.25) is 4.79 Å². The summed E-state index contributed by atoms with van der Waals surface area (Å²) < 4.78 is 0. The van der Waals surface area contributed by atoms with Crippen LogP contribution in [0.4, 0.5) is 0 Å². The second-order valence-electron chi connectivity index (χ2n) is 1.61. The van der Waals surface area contributed by atoms with Gasteiger partial charge in [0.2, 0.25) is 0 Å². The summed E-state index contributed by atoms with van der Waals surface area (Å²) in [6.07, 6.45) is 0.248. The van der Waals surface area contributed by atoms with E-state index in [2.05, 4.69) is 6.58 Å². The Morgan fingerprint density at radius 2 is 2.22 bits per heavy atom. The van der Waals surface area contributed by atoms with Crippen molar-refractivity contribution in [1.82, 2.24) is 0 Å². The predicted molar refractivity (Wildman–Crippen MR) is 31.6 cm³/mol. The van der Waals surface area contributed by atoms with Crippen molar-refractivity contribution in [3.63, 3.8) is 0 Å². The van der Waals surface area contributed by atoms with E-state index in [0.717, 1.165) is 0 Å². The number of aliphatic carboxylic acids is 1. The Morgan fingerprint density at radius 3 is 2.56 bits per heavy atom. The molecule has 0 aromatic rings. The van der Waals surface area contributed by atoms with Crippen LogP contribution in [0.2, 0.25) is 0 Å².